The van der Waals surface area contributed by atoms with Crippen LogP contribution in [0.3, 0.4) is 0 Å². The van der Waals surface area contributed by atoms with Gasteiger partial charge in [0.25, 0.3) is 0 Å². The average molecular weight is 425 g/mol. The van der Waals surface area contributed by atoms with E-state index in [9.17, 15) is 9.18 Å². The van der Waals surface area contributed by atoms with Crippen LogP contribution in [0.2, 0.25) is 0 Å². The molecule has 2 atom stereocenters. The number of carbonyl (C=O) groups is 1. The molecule has 1 aliphatic carbocycles. The number of hydrogen-bond donors (Lipinski definition) is 1. The van der Waals surface area contributed by atoms with Gasteiger partial charge in [0, 0.05) is 12.6 Å². The van der Waals surface area contributed by atoms with Crippen LogP contribution in [0.25, 0.3) is 11.4 Å². The molecule has 1 saturated carbocycles. The number of halogens is 1. The standard InChI is InChI=1S/C23H25FN4OS/c1-15(17-8-4-3-5-9-17)14-25-22(29)16(2)30-23-27-26-21(28(23)18-12-13-18)19-10-6-7-11-20(19)24/h3-11,15-16,18H,12-14H2,1-2H3,(H,25,29). The van der Waals surface area contributed by atoms with Gasteiger partial charge in [0.05, 0.1) is 10.8 Å². The van der Waals surface area contributed by atoms with Crippen molar-refractivity contribution in [3.8, 4) is 11.4 Å². The Labute approximate surface area is 180 Å². The third kappa shape index (κ3) is 4.56. The Morgan fingerprint density at radius 2 is 1.83 bits per heavy atom. The van der Waals surface area contributed by atoms with Gasteiger partial charge in [0.2, 0.25) is 5.91 Å². The fraction of sp³-hybridized carbons (Fsp3) is 0.348. The van der Waals surface area contributed by atoms with Crippen molar-refractivity contribution in [1.82, 2.24) is 20.1 Å². The Morgan fingerprint density at radius 1 is 1.13 bits per heavy atom. The van der Waals surface area contributed by atoms with Crippen LogP contribution in [0.15, 0.2) is 59.8 Å². The third-order valence-electron chi connectivity index (χ3n) is 5.29. The average Bonchev–Trinajstić information content (AvgIpc) is 3.53. The van der Waals surface area contributed by atoms with Crippen molar-refractivity contribution in [3.63, 3.8) is 0 Å². The number of nitrogens with zero attached hydrogens (tertiary/aromatic N) is 3. The fourth-order valence-corrected chi connectivity index (χ4v) is 4.30. The van der Waals surface area contributed by atoms with Gasteiger partial charge in [-0.2, -0.15) is 0 Å². The van der Waals surface area contributed by atoms with Crippen LogP contribution in [0.5, 0.6) is 0 Å². The number of benzene rings is 2. The molecule has 0 bridgehead atoms. The summed E-state index contributed by atoms with van der Waals surface area (Å²) in [5.74, 6) is 0.406. The molecule has 0 radical (unpaired) electrons. The molecule has 156 valence electrons. The van der Waals surface area contributed by atoms with E-state index in [1.807, 2.05) is 29.7 Å². The maximum absolute atomic E-state index is 14.3. The third-order valence-corrected chi connectivity index (χ3v) is 6.35. The summed E-state index contributed by atoms with van der Waals surface area (Å²) < 4.78 is 16.3. The van der Waals surface area contributed by atoms with E-state index >= 15 is 0 Å². The Morgan fingerprint density at radius 3 is 2.53 bits per heavy atom. The zero-order valence-electron chi connectivity index (χ0n) is 17.1. The Hall–Kier alpha value is -2.67. The number of carbonyl (C=O) groups excluding carboxylic acids is 1. The minimum atomic E-state index is -0.330. The molecule has 2 aromatic carbocycles. The van der Waals surface area contributed by atoms with Gasteiger partial charge in [0.15, 0.2) is 11.0 Å². The lowest BCUT2D eigenvalue weighted by Crippen LogP contribution is -2.33. The van der Waals surface area contributed by atoms with Crippen LogP contribution in [0.4, 0.5) is 4.39 Å². The molecule has 1 aliphatic rings. The second kappa shape index (κ2) is 9.00. The van der Waals surface area contributed by atoms with Gasteiger partial charge in [0.1, 0.15) is 5.82 Å². The summed E-state index contributed by atoms with van der Waals surface area (Å²) in [6.45, 7) is 4.53. The predicted molar refractivity (Wildman–Crippen MR) is 117 cm³/mol. The van der Waals surface area contributed by atoms with Gasteiger partial charge < -0.3 is 5.32 Å². The molecular weight excluding hydrogens is 399 g/mol. The van der Waals surface area contributed by atoms with Crippen molar-refractivity contribution in [3.05, 3.63) is 66.0 Å². The molecule has 5 nitrogen and oxygen atoms in total. The Bertz CT molecular complexity index is 1020. The van der Waals surface area contributed by atoms with Gasteiger partial charge in [-0.15, -0.1) is 10.2 Å². The summed E-state index contributed by atoms with van der Waals surface area (Å²) in [7, 11) is 0. The van der Waals surface area contributed by atoms with Crippen LogP contribution in [-0.2, 0) is 4.79 Å². The highest BCUT2D eigenvalue weighted by molar-refractivity contribution is 8.00. The lowest BCUT2D eigenvalue weighted by Gasteiger charge is -2.16. The predicted octanol–water partition coefficient (Wildman–Crippen LogP) is 4.82. The molecule has 7 heteroatoms. The van der Waals surface area contributed by atoms with E-state index in [0.717, 1.165) is 12.8 Å². The van der Waals surface area contributed by atoms with E-state index in [1.165, 1.54) is 23.4 Å². The minimum Gasteiger partial charge on any atom is -0.355 e. The van der Waals surface area contributed by atoms with Crippen molar-refractivity contribution < 1.29 is 9.18 Å². The lowest BCUT2D eigenvalue weighted by molar-refractivity contribution is -0.120. The second-order valence-electron chi connectivity index (χ2n) is 7.70. The summed E-state index contributed by atoms with van der Waals surface area (Å²) in [6, 6.07) is 17.0. The van der Waals surface area contributed by atoms with E-state index in [2.05, 4.69) is 34.6 Å². The zero-order chi connectivity index (χ0) is 21.1. The normalized spacial score (nSPS) is 15.6. The summed E-state index contributed by atoms with van der Waals surface area (Å²) in [4.78, 5) is 12.7. The van der Waals surface area contributed by atoms with Gasteiger partial charge >= 0.3 is 0 Å². The molecule has 1 fully saturated rings. The molecule has 3 aromatic rings. The molecule has 4 rings (SSSR count). The number of thioether (sulfide) groups is 1. The van der Waals surface area contributed by atoms with E-state index in [0.29, 0.717) is 23.1 Å². The van der Waals surface area contributed by atoms with E-state index in [4.69, 9.17) is 0 Å². The van der Waals surface area contributed by atoms with Crippen LogP contribution in [-0.4, -0.2) is 32.5 Å². The van der Waals surface area contributed by atoms with Crippen LogP contribution < -0.4 is 5.32 Å². The lowest BCUT2D eigenvalue weighted by atomic mass is 10.0. The number of hydrogen-bond acceptors (Lipinski definition) is 4. The van der Waals surface area contributed by atoms with Gasteiger partial charge in [-0.25, -0.2) is 4.39 Å². The van der Waals surface area contributed by atoms with Gasteiger partial charge in [-0.1, -0.05) is 61.2 Å². The Kier molecular flexibility index (Phi) is 6.18. The zero-order valence-corrected chi connectivity index (χ0v) is 17.9. The summed E-state index contributed by atoms with van der Waals surface area (Å²) in [5.41, 5.74) is 1.64. The van der Waals surface area contributed by atoms with Crippen molar-refractivity contribution in [2.75, 3.05) is 6.54 Å². The molecule has 1 aromatic heterocycles. The molecular formula is C23H25FN4OS. The maximum Gasteiger partial charge on any atom is 0.233 e. The van der Waals surface area contributed by atoms with E-state index < -0.39 is 0 Å². The molecule has 1 amide bonds. The molecule has 0 aliphatic heterocycles. The number of rotatable bonds is 8. The Balaban J connectivity index is 1.44. The summed E-state index contributed by atoms with van der Waals surface area (Å²) >= 11 is 1.37. The topological polar surface area (TPSA) is 59.8 Å². The van der Waals surface area contributed by atoms with Crippen molar-refractivity contribution in [2.45, 2.75) is 49.1 Å². The highest BCUT2D eigenvalue weighted by atomic mass is 32.2. The van der Waals surface area contributed by atoms with Gasteiger partial charge in [-0.3, -0.25) is 9.36 Å². The maximum atomic E-state index is 14.3. The largest absolute Gasteiger partial charge is 0.355 e. The highest BCUT2D eigenvalue weighted by Gasteiger charge is 2.32. The second-order valence-corrected chi connectivity index (χ2v) is 9.01. The van der Waals surface area contributed by atoms with E-state index in [-0.39, 0.29) is 28.9 Å². The first-order valence-electron chi connectivity index (χ1n) is 10.2. The first-order valence-corrected chi connectivity index (χ1v) is 11.1. The van der Waals surface area contributed by atoms with Crippen molar-refractivity contribution >= 4 is 17.7 Å². The first kappa shape index (κ1) is 20.6. The van der Waals surface area contributed by atoms with Crippen LogP contribution >= 0.6 is 11.8 Å². The smallest absolute Gasteiger partial charge is 0.233 e. The summed E-state index contributed by atoms with van der Waals surface area (Å²) in [5, 5.41) is 11.9. The van der Waals surface area contributed by atoms with Crippen LogP contribution in [0.1, 0.15) is 44.2 Å². The summed E-state index contributed by atoms with van der Waals surface area (Å²) in [6.07, 6.45) is 2.03. The number of aromatic nitrogens is 3. The highest BCUT2D eigenvalue weighted by Crippen LogP contribution is 2.42. The minimum absolute atomic E-state index is 0.0411. The molecule has 30 heavy (non-hydrogen) atoms. The fourth-order valence-electron chi connectivity index (χ4n) is 3.35. The van der Waals surface area contributed by atoms with Crippen LogP contribution in [0, 0.1) is 5.82 Å². The molecule has 0 spiro atoms. The van der Waals surface area contributed by atoms with Gasteiger partial charge in [-0.05, 0) is 43.4 Å². The number of nitrogens with one attached hydrogen (secondary N) is 1. The van der Waals surface area contributed by atoms with Crippen molar-refractivity contribution in [1.29, 1.82) is 0 Å². The monoisotopic (exact) mass is 424 g/mol. The SMILES string of the molecule is CC(Sc1nnc(-c2ccccc2F)n1C1CC1)C(=O)NCC(C)c1ccccc1. The molecule has 2 unspecified atom stereocenters. The number of amides is 1. The first-order chi connectivity index (χ1) is 14.5. The molecule has 1 heterocycles. The molecule has 1 N–H and O–H groups in total. The quantitative estimate of drug-likeness (QED) is 0.527. The molecule has 0 saturated heterocycles. The van der Waals surface area contributed by atoms with Crippen molar-refractivity contribution in [2.24, 2.45) is 0 Å². The van der Waals surface area contributed by atoms with E-state index in [1.54, 1.807) is 18.2 Å².